The van der Waals surface area contributed by atoms with E-state index in [9.17, 15) is 19.5 Å². The molecule has 5 nitrogen and oxygen atoms in total. The summed E-state index contributed by atoms with van der Waals surface area (Å²) in [5.41, 5.74) is 0.296. The molecule has 1 N–H and O–H groups in total. The van der Waals surface area contributed by atoms with Crippen LogP contribution in [0.2, 0.25) is 5.02 Å². The van der Waals surface area contributed by atoms with Crippen LogP contribution in [0.25, 0.3) is 0 Å². The summed E-state index contributed by atoms with van der Waals surface area (Å²) >= 11 is 10.3. The van der Waals surface area contributed by atoms with Crippen molar-refractivity contribution in [1.29, 1.82) is 0 Å². The van der Waals surface area contributed by atoms with Gasteiger partial charge in [-0.15, -0.1) is 0 Å². The van der Waals surface area contributed by atoms with Crippen molar-refractivity contribution in [1.82, 2.24) is 0 Å². The highest BCUT2D eigenvalue weighted by molar-refractivity contribution is 9.10. The zero-order valence-corrected chi connectivity index (χ0v) is 14.8. The van der Waals surface area contributed by atoms with Crippen molar-refractivity contribution in [3.8, 4) is 0 Å². The molecule has 1 heterocycles. The third-order valence-electron chi connectivity index (χ3n) is 3.26. The summed E-state index contributed by atoms with van der Waals surface area (Å²) in [4.78, 5) is 36.1. The van der Waals surface area contributed by atoms with E-state index < -0.39 is 5.97 Å². The van der Waals surface area contributed by atoms with Crippen molar-refractivity contribution in [3.63, 3.8) is 0 Å². The minimum absolute atomic E-state index is 0.00444. The SMILES string of the molecule is CC(=O)SCC1CC(=O)N(c2c(Br)cc(Cl)cc2C(=O)O)C1. The maximum absolute atomic E-state index is 12.2. The quantitative estimate of drug-likeness (QED) is 0.829. The molecule has 2 rings (SSSR count). The van der Waals surface area contributed by atoms with E-state index in [1.54, 1.807) is 6.07 Å². The summed E-state index contributed by atoms with van der Waals surface area (Å²) in [6.45, 7) is 1.87. The average Bonchev–Trinajstić information content (AvgIpc) is 2.76. The minimum Gasteiger partial charge on any atom is -0.478 e. The Hall–Kier alpha value is -1.05. The number of carbonyl (C=O) groups is 3. The number of anilines is 1. The molecule has 0 aliphatic carbocycles. The lowest BCUT2D eigenvalue weighted by Crippen LogP contribution is -2.27. The maximum atomic E-state index is 12.2. The van der Waals surface area contributed by atoms with E-state index in [0.29, 0.717) is 28.9 Å². The summed E-state index contributed by atoms with van der Waals surface area (Å²) < 4.78 is 0.464. The number of hydrogen-bond donors (Lipinski definition) is 1. The first-order valence-electron chi connectivity index (χ1n) is 6.45. The molecule has 1 aliphatic heterocycles. The molecule has 1 aromatic carbocycles. The molecular weight excluding hydrogens is 394 g/mol. The monoisotopic (exact) mass is 405 g/mol. The highest BCUT2D eigenvalue weighted by Gasteiger charge is 2.34. The second-order valence-electron chi connectivity index (χ2n) is 4.97. The van der Waals surface area contributed by atoms with Gasteiger partial charge in [0.25, 0.3) is 0 Å². The molecule has 1 unspecified atom stereocenters. The van der Waals surface area contributed by atoms with Gasteiger partial charge in [0.1, 0.15) is 0 Å². The summed E-state index contributed by atoms with van der Waals surface area (Å²) in [6.07, 6.45) is 0.300. The lowest BCUT2D eigenvalue weighted by molar-refractivity contribution is -0.117. The number of rotatable bonds is 4. The fourth-order valence-corrected chi connectivity index (χ4v) is 4.07. The Balaban J connectivity index is 2.30. The van der Waals surface area contributed by atoms with Crippen LogP contribution in [0.5, 0.6) is 0 Å². The number of carbonyl (C=O) groups excluding carboxylic acids is 2. The lowest BCUT2D eigenvalue weighted by atomic mass is 10.1. The Morgan fingerprint density at radius 1 is 1.50 bits per heavy atom. The molecule has 0 spiro atoms. The molecule has 0 radical (unpaired) electrons. The van der Waals surface area contributed by atoms with Crippen LogP contribution < -0.4 is 4.90 Å². The van der Waals surface area contributed by atoms with Crippen molar-refractivity contribution in [3.05, 3.63) is 27.2 Å². The molecule has 0 bridgehead atoms. The lowest BCUT2D eigenvalue weighted by Gasteiger charge is -2.21. The predicted molar refractivity (Wildman–Crippen MR) is 89.7 cm³/mol. The highest BCUT2D eigenvalue weighted by Crippen LogP contribution is 2.37. The van der Waals surface area contributed by atoms with Crippen LogP contribution in [0.1, 0.15) is 23.7 Å². The average molecular weight is 407 g/mol. The zero-order valence-electron chi connectivity index (χ0n) is 11.6. The van der Waals surface area contributed by atoms with Gasteiger partial charge in [0.2, 0.25) is 5.91 Å². The fourth-order valence-electron chi connectivity index (χ4n) is 2.35. The largest absolute Gasteiger partial charge is 0.478 e. The molecule has 22 heavy (non-hydrogen) atoms. The second kappa shape index (κ2) is 7.02. The number of benzene rings is 1. The molecule has 1 atom stereocenters. The van der Waals surface area contributed by atoms with Gasteiger partial charge in [-0.1, -0.05) is 23.4 Å². The Kier molecular flexibility index (Phi) is 5.52. The van der Waals surface area contributed by atoms with Gasteiger partial charge in [0.15, 0.2) is 5.12 Å². The number of amides is 1. The van der Waals surface area contributed by atoms with E-state index in [0.717, 1.165) is 0 Å². The van der Waals surface area contributed by atoms with E-state index >= 15 is 0 Å². The third kappa shape index (κ3) is 3.83. The van der Waals surface area contributed by atoms with Crippen LogP contribution in [0.3, 0.4) is 0 Å². The number of nitrogens with zero attached hydrogens (tertiary/aromatic N) is 1. The van der Waals surface area contributed by atoms with E-state index in [2.05, 4.69) is 15.9 Å². The van der Waals surface area contributed by atoms with Crippen LogP contribution in [0, 0.1) is 5.92 Å². The van der Waals surface area contributed by atoms with E-state index in [1.165, 1.54) is 29.7 Å². The van der Waals surface area contributed by atoms with Gasteiger partial charge in [-0.3, -0.25) is 9.59 Å². The highest BCUT2D eigenvalue weighted by atomic mass is 79.9. The Morgan fingerprint density at radius 3 is 2.77 bits per heavy atom. The van der Waals surface area contributed by atoms with Crippen molar-refractivity contribution in [2.75, 3.05) is 17.2 Å². The predicted octanol–water partition coefficient (Wildman–Crippen LogP) is 3.43. The Bertz CT molecular complexity index is 652. The van der Waals surface area contributed by atoms with Crippen LogP contribution in [0.15, 0.2) is 16.6 Å². The standard InChI is InChI=1S/C14H13BrClNO4S/c1-7(18)22-6-8-2-12(19)17(5-8)13-10(14(20)21)3-9(16)4-11(13)15/h3-4,8H,2,5-6H2,1H3,(H,20,21). The number of carboxylic acid groups (broad SMARTS) is 1. The molecule has 1 saturated heterocycles. The van der Waals surface area contributed by atoms with E-state index in [-0.39, 0.29) is 27.5 Å². The number of thioether (sulfide) groups is 1. The number of halogens is 2. The molecule has 8 heteroatoms. The Morgan fingerprint density at radius 2 is 2.18 bits per heavy atom. The van der Waals surface area contributed by atoms with Gasteiger partial charge in [0, 0.05) is 35.1 Å². The molecule has 1 aromatic rings. The first kappa shape index (κ1) is 17.3. The molecule has 1 amide bonds. The van der Waals surface area contributed by atoms with Crippen LogP contribution in [0.4, 0.5) is 5.69 Å². The molecular formula is C14H13BrClNO4S. The molecule has 0 aromatic heterocycles. The normalized spacial score (nSPS) is 17.9. The first-order chi connectivity index (χ1) is 10.3. The van der Waals surface area contributed by atoms with Gasteiger partial charge < -0.3 is 10.0 Å². The van der Waals surface area contributed by atoms with E-state index in [1.807, 2.05) is 0 Å². The first-order valence-corrected chi connectivity index (χ1v) is 8.61. The second-order valence-corrected chi connectivity index (χ2v) is 7.45. The van der Waals surface area contributed by atoms with Crippen molar-refractivity contribution < 1.29 is 19.5 Å². The Labute approximate surface area is 145 Å². The summed E-state index contributed by atoms with van der Waals surface area (Å²) in [6, 6.07) is 2.89. The topological polar surface area (TPSA) is 74.7 Å². The van der Waals surface area contributed by atoms with Crippen molar-refractivity contribution in [2.24, 2.45) is 5.92 Å². The van der Waals surface area contributed by atoms with Crippen LogP contribution in [-0.4, -0.2) is 34.4 Å². The summed E-state index contributed by atoms with van der Waals surface area (Å²) in [7, 11) is 0. The van der Waals surface area contributed by atoms with Crippen LogP contribution >= 0.6 is 39.3 Å². The van der Waals surface area contributed by atoms with Gasteiger partial charge in [-0.25, -0.2) is 4.79 Å². The fraction of sp³-hybridized carbons (Fsp3) is 0.357. The van der Waals surface area contributed by atoms with Gasteiger partial charge in [-0.2, -0.15) is 0 Å². The molecule has 118 valence electrons. The van der Waals surface area contributed by atoms with Crippen molar-refractivity contribution >= 4 is 62.0 Å². The van der Waals surface area contributed by atoms with E-state index in [4.69, 9.17) is 11.6 Å². The molecule has 1 aliphatic rings. The number of aromatic carboxylic acids is 1. The van der Waals surface area contributed by atoms with Crippen molar-refractivity contribution in [2.45, 2.75) is 13.3 Å². The molecule has 0 saturated carbocycles. The maximum Gasteiger partial charge on any atom is 0.337 e. The smallest absolute Gasteiger partial charge is 0.337 e. The number of carboxylic acids is 1. The van der Waals surface area contributed by atoms with Gasteiger partial charge >= 0.3 is 5.97 Å². The minimum atomic E-state index is -1.15. The zero-order chi connectivity index (χ0) is 16.4. The third-order valence-corrected chi connectivity index (χ3v) is 5.12. The van der Waals surface area contributed by atoms with Gasteiger partial charge in [-0.05, 0) is 34.0 Å². The summed E-state index contributed by atoms with van der Waals surface area (Å²) in [5.74, 6) is -0.733. The van der Waals surface area contributed by atoms with Crippen LogP contribution in [-0.2, 0) is 9.59 Å². The van der Waals surface area contributed by atoms with Gasteiger partial charge in [0.05, 0.1) is 11.3 Å². The molecule has 1 fully saturated rings. The summed E-state index contributed by atoms with van der Waals surface area (Å²) in [5, 5.41) is 9.62. The number of hydrogen-bond acceptors (Lipinski definition) is 4.